The number of carboxylic acids is 2. The van der Waals surface area contributed by atoms with Gasteiger partial charge in [-0.25, -0.2) is 56.8 Å². The van der Waals surface area contributed by atoms with Crippen LogP contribution in [0.4, 0.5) is 0 Å². The molecule has 2 aliphatic heterocycles. The van der Waals surface area contributed by atoms with Crippen LogP contribution in [0.3, 0.4) is 0 Å². The van der Waals surface area contributed by atoms with Crippen molar-refractivity contribution in [2.24, 2.45) is 0 Å². The van der Waals surface area contributed by atoms with Crippen molar-refractivity contribution < 1.29 is 87.4 Å². The molecule has 4 rings (SSSR count). The third kappa shape index (κ3) is 18.5. The molecule has 4 unspecified atom stereocenters. The lowest BCUT2D eigenvalue weighted by molar-refractivity contribution is -2.00. The van der Waals surface area contributed by atoms with Crippen LogP contribution in [0.2, 0.25) is 0 Å². The van der Waals surface area contributed by atoms with Crippen LogP contribution in [0.25, 0.3) is 0 Å². The minimum absolute atomic E-state index is 0.111. The van der Waals surface area contributed by atoms with E-state index >= 15 is 0 Å². The third-order valence-corrected chi connectivity index (χ3v) is 7.22. The zero-order valence-corrected chi connectivity index (χ0v) is 26.4. The fourth-order valence-corrected chi connectivity index (χ4v) is 5.20. The Kier molecular flexibility index (Phi) is 16.5. The number of quaternary nitrogens is 2. The Morgan fingerprint density at radius 3 is 1.28 bits per heavy atom. The molecule has 0 aliphatic carbocycles. The summed E-state index contributed by atoms with van der Waals surface area (Å²) in [6, 6.07) is 10.5. The van der Waals surface area contributed by atoms with Gasteiger partial charge in [0, 0.05) is 52.1 Å². The molecule has 18 nitrogen and oxygen atoms in total. The summed E-state index contributed by atoms with van der Waals surface area (Å²) in [5, 5.41) is 18.5. The highest BCUT2D eigenvalue weighted by molar-refractivity contribution is 5.85. The molecule has 4 heterocycles. The number of hydrogen-bond donors (Lipinski definition) is 4. The molecule has 4 atom stereocenters. The lowest BCUT2D eigenvalue weighted by Crippen LogP contribution is -3.12. The highest BCUT2D eigenvalue weighted by Crippen LogP contribution is 2.02. The fraction of sp³-hybridized carbons (Fsp3) is 0.538. The van der Waals surface area contributed by atoms with Gasteiger partial charge in [-0.15, -0.1) is 20.5 Å². The van der Waals surface area contributed by atoms with E-state index < -0.39 is 32.4 Å². The Morgan fingerprint density at radius 1 is 0.609 bits per heavy atom. The highest BCUT2D eigenvalue weighted by atomic mass is 35.7. The van der Waals surface area contributed by atoms with Crippen LogP contribution in [0.5, 0.6) is 0 Å². The van der Waals surface area contributed by atoms with Crippen molar-refractivity contribution >= 4 is 11.9 Å². The standard InChI is InChI=1S/C26H36N6O4.2ClHO4/c33-25(34)23-7-1-5-21(27-23)19-31-11-3-9-30-14-13-29(15-17-31)10-4-12-32(18-16-30)20-22-6-2-8-24(28-22)26(35)36;2*2-1(3,4)5/h1-2,5-8H,3-4,9-20H2,(H,33,34)(H,35,36);2*(H,2,3,4,5). The Morgan fingerprint density at radius 2 is 0.957 bits per heavy atom. The Balaban J connectivity index is 0.000000642. The number of nitrogens with one attached hydrogen (secondary N) is 2. The largest absolute Gasteiger partial charge is 0.477 e. The van der Waals surface area contributed by atoms with E-state index in [2.05, 4.69) is 19.8 Å². The molecule has 0 radical (unpaired) electrons. The summed E-state index contributed by atoms with van der Waals surface area (Å²) >= 11 is 0. The molecule has 0 aromatic carbocycles. The first-order valence-electron chi connectivity index (χ1n) is 14.2. The number of halogens is 2. The van der Waals surface area contributed by atoms with Crippen LogP contribution in [-0.4, -0.2) is 107 Å². The Bertz CT molecular complexity index is 1130. The lowest BCUT2D eigenvalue weighted by atomic mass is 10.2. The van der Waals surface area contributed by atoms with Gasteiger partial charge in [0.2, 0.25) is 0 Å². The van der Waals surface area contributed by atoms with Crippen molar-refractivity contribution in [3.8, 4) is 0 Å². The van der Waals surface area contributed by atoms with Crippen LogP contribution >= 0.6 is 0 Å². The molecule has 2 aliphatic rings. The van der Waals surface area contributed by atoms with Gasteiger partial charge in [-0.05, 0) is 24.3 Å². The van der Waals surface area contributed by atoms with Crippen molar-refractivity contribution in [2.45, 2.75) is 25.9 Å². The molecule has 258 valence electrons. The summed E-state index contributed by atoms with van der Waals surface area (Å²) in [6.45, 7) is 11.8. The van der Waals surface area contributed by atoms with Gasteiger partial charge in [0.05, 0.1) is 37.6 Å². The number of nitrogens with zero attached hydrogens (tertiary/aromatic N) is 4. The minimum Gasteiger partial charge on any atom is -0.477 e. The van der Waals surface area contributed by atoms with E-state index in [4.69, 9.17) is 37.3 Å². The number of carboxylic acid groups (broad SMARTS) is 2. The third-order valence-electron chi connectivity index (χ3n) is 7.22. The number of hydrogen-bond acceptors (Lipinski definition) is 14. The Hall–Kier alpha value is -2.66. The molecule has 4 N–H and O–H groups in total. The number of fused-ring (bicyclic) bond motifs is 3. The van der Waals surface area contributed by atoms with Crippen LogP contribution < -0.4 is 47.1 Å². The van der Waals surface area contributed by atoms with Gasteiger partial charge in [0.25, 0.3) is 0 Å². The molecule has 0 spiro atoms. The van der Waals surface area contributed by atoms with E-state index in [9.17, 15) is 19.8 Å². The summed E-state index contributed by atoms with van der Waals surface area (Å²) in [5.74, 6) is -1.96. The van der Waals surface area contributed by atoms with Crippen molar-refractivity contribution in [1.82, 2.24) is 19.8 Å². The van der Waals surface area contributed by atoms with Crippen LogP contribution in [0.1, 0.15) is 45.2 Å². The summed E-state index contributed by atoms with van der Waals surface area (Å²) in [6.07, 6.45) is 2.18. The number of pyridine rings is 2. The van der Waals surface area contributed by atoms with Crippen LogP contribution in [0.15, 0.2) is 36.4 Å². The SMILES string of the molecule is O=C(O)c1cccc(C[NH+]2CCCN3CCN(CCC[NH+](Cc4cccc(C(=O)O)n4)CC3)CC2)n1.[O-][Cl+3]([O-])([O-])[O-].[O-][Cl+3]([O-])([O-])[O-]. The monoisotopic (exact) mass is 696 g/mol. The van der Waals surface area contributed by atoms with Crippen molar-refractivity contribution in [1.29, 1.82) is 0 Å². The second kappa shape index (κ2) is 19.2. The molecule has 20 heteroatoms. The maximum Gasteiger partial charge on any atom is 0.354 e. The van der Waals surface area contributed by atoms with Gasteiger partial charge in [0.15, 0.2) is 0 Å². The van der Waals surface area contributed by atoms with Crippen LogP contribution in [0, 0.1) is 20.5 Å². The lowest BCUT2D eigenvalue weighted by Gasteiger charge is -2.33. The summed E-state index contributed by atoms with van der Waals surface area (Å²) in [7, 11) is -9.89. The molecule has 46 heavy (non-hydrogen) atoms. The molecule has 0 saturated carbocycles. The van der Waals surface area contributed by atoms with E-state index in [1.807, 2.05) is 12.1 Å². The van der Waals surface area contributed by atoms with E-state index in [0.29, 0.717) is 0 Å². The number of rotatable bonds is 6. The van der Waals surface area contributed by atoms with E-state index in [1.54, 1.807) is 24.3 Å². The van der Waals surface area contributed by atoms with Gasteiger partial charge in [-0.2, -0.15) is 0 Å². The zero-order chi connectivity index (χ0) is 34.3. The normalized spacial score (nSPS) is 22.7. The van der Waals surface area contributed by atoms with Crippen molar-refractivity contribution in [2.75, 3.05) is 65.4 Å². The average molecular weight is 698 g/mol. The summed E-state index contributed by atoms with van der Waals surface area (Å²) < 4.78 is 67.9. The molecule has 2 saturated heterocycles. The first-order chi connectivity index (χ1) is 21.5. The molecular weight excluding hydrogens is 659 g/mol. The average Bonchev–Trinajstić information content (AvgIpc) is 2.94. The maximum absolute atomic E-state index is 11.3. The molecule has 2 aromatic rings. The van der Waals surface area contributed by atoms with Gasteiger partial charge in [-0.3, -0.25) is 9.80 Å². The quantitative estimate of drug-likeness (QED) is 0.218. The first-order valence-corrected chi connectivity index (χ1v) is 16.7. The second-order valence-corrected chi connectivity index (χ2v) is 12.2. The highest BCUT2D eigenvalue weighted by Gasteiger charge is 2.22. The van der Waals surface area contributed by atoms with Crippen molar-refractivity contribution in [3.63, 3.8) is 0 Å². The fourth-order valence-electron chi connectivity index (χ4n) is 5.20. The summed E-state index contributed by atoms with van der Waals surface area (Å²) in [5.41, 5.74) is 1.90. The molecule has 0 amide bonds. The smallest absolute Gasteiger partial charge is 0.354 e. The second-order valence-electron chi connectivity index (χ2n) is 10.6. The van der Waals surface area contributed by atoms with E-state index in [-0.39, 0.29) is 11.4 Å². The zero-order valence-electron chi connectivity index (χ0n) is 24.9. The first kappa shape index (κ1) is 39.5. The predicted molar refractivity (Wildman–Crippen MR) is 133 cm³/mol. The van der Waals surface area contributed by atoms with Gasteiger partial charge in [0.1, 0.15) is 24.5 Å². The van der Waals surface area contributed by atoms with E-state index in [0.717, 1.165) is 103 Å². The van der Waals surface area contributed by atoms with Gasteiger partial charge in [-0.1, -0.05) is 12.1 Å². The minimum atomic E-state index is -4.94. The molecule has 2 bridgehead atoms. The summed E-state index contributed by atoms with van der Waals surface area (Å²) in [4.78, 5) is 39.3. The van der Waals surface area contributed by atoms with Crippen LogP contribution in [-0.2, 0) is 13.1 Å². The molecule has 2 aromatic heterocycles. The predicted octanol–water partition coefficient (Wildman–Crippen LogP) is -10.8. The topological polar surface area (TPSA) is 300 Å². The number of aromatic nitrogens is 2. The number of aromatic carboxylic acids is 2. The molecular formula is C26H38Cl2N6O12. The Labute approximate surface area is 269 Å². The van der Waals surface area contributed by atoms with E-state index in [1.165, 1.54) is 9.80 Å². The number of carbonyl (C=O) groups is 2. The van der Waals surface area contributed by atoms with Gasteiger partial charge >= 0.3 is 11.9 Å². The van der Waals surface area contributed by atoms with Crippen molar-refractivity contribution in [3.05, 3.63) is 59.2 Å². The van der Waals surface area contributed by atoms with Gasteiger partial charge < -0.3 is 20.0 Å². The molecule has 2 fully saturated rings. The maximum atomic E-state index is 11.3.